The summed E-state index contributed by atoms with van der Waals surface area (Å²) in [6.07, 6.45) is 2.75. The van der Waals surface area contributed by atoms with Gasteiger partial charge in [-0.3, -0.25) is 4.79 Å². The zero-order valence-corrected chi connectivity index (χ0v) is 9.86. The molecule has 1 aliphatic heterocycles. The van der Waals surface area contributed by atoms with Crippen LogP contribution in [0.4, 0.5) is 0 Å². The van der Waals surface area contributed by atoms with E-state index in [1.165, 1.54) is 11.8 Å². The van der Waals surface area contributed by atoms with Crippen molar-refractivity contribution in [1.29, 1.82) is 0 Å². The van der Waals surface area contributed by atoms with Crippen LogP contribution in [0.15, 0.2) is 4.99 Å². The molecule has 80 valence electrons. The molecule has 0 fully saturated rings. The highest BCUT2D eigenvalue weighted by atomic mass is 32.2. The number of carbonyl (C=O) groups is 1. The zero-order chi connectivity index (χ0) is 10.8. The van der Waals surface area contributed by atoms with Crippen LogP contribution < -0.4 is 5.73 Å². The average Bonchev–Trinajstić information content (AvgIpc) is 2.38. The van der Waals surface area contributed by atoms with E-state index in [2.05, 4.69) is 18.8 Å². The summed E-state index contributed by atoms with van der Waals surface area (Å²) in [5.41, 5.74) is 5.57. The molecule has 0 bridgehead atoms. The maximum absolute atomic E-state index is 11.7. The number of amidine groups is 1. The number of carbonyl (C=O) groups excluding carboxylic acids is 1. The van der Waals surface area contributed by atoms with E-state index in [0.29, 0.717) is 11.1 Å². The summed E-state index contributed by atoms with van der Waals surface area (Å²) in [7, 11) is 0. The van der Waals surface area contributed by atoms with Gasteiger partial charge in [0.15, 0.2) is 5.17 Å². The molecule has 0 aromatic heterocycles. The molecule has 14 heavy (non-hydrogen) atoms. The summed E-state index contributed by atoms with van der Waals surface area (Å²) >= 11 is 1.44. The number of nitrogens with zero attached hydrogens (tertiary/aromatic N) is 1. The molecule has 2 N–H and O–H groups in total. The van der Waals surface area contributed by atoms with Crippen LogP contribution >= 0.6 is 11.8 Å². The van der Waals surface area contributed by atoms with E-state index in [0.717, 1.165) is 19.3 Å². The fourth-order valence-corrected chi connectivity index (χ4v) is 2.57. The normalized spacial score (nSPS) is 27.1. The van der Waals surface area contributed by atoms with Crippen molar-refractivity contribution in [2.24, 2.45) is 16.6 Å². The van der Waals surface area contributed by atoms with Gasteiger partial charge in [-0.15, -0.1) is 0 Å². The molecule has 0 aromatic rings. The Labute approximate surface area is 89.5 Å². The molecule has 0 unspecified atom stereocenters. The Hall–Kier alpha value is -0.510. The molecule has 4 heteroatoms. The molecule has 0 aromatic carbocycles. The summed E-state index contributed by atoms with van der Waals surface area (Å²) < 4.78 is -0.353. The molecule has 1 atom stereocenters. The van der Waals surface area contributed by atoms with Crippen molar-refractivity contribution in [3.63, 3.8) is 0 Å². The van der Waals surface area contributed by atoms with Crippen molar-refractivity contribution in [2.75, 3.05) is 0 Å². The number of rotatable bonds is 4. The van der Waals surface area contributed by atoms with Gasteiger partial charge in [0.2, 0.25) is 0 Å². The topological polar surface area (TPSA) is 55.4 Å². The number of hydrogen-bond acceptors (Lipinski definition) is 3. The minimum Gasteiger partial charge on any atom is -0.378 e. The van der Waals surface area contributed by atoms with Gasteiger partial charge in [0.05, 0.1) is 0 Å². The highest BCUT2D eigenvalue weighted by molar-refractivity contribution is 8.16. The van der Waals surface area contributed by atoms with Gasteiger partial charge in [-0.2, -0.15) is 4.99 Å². The number of aliphatic imine (C=N–C) groups is 1. The lowest BCUT2D eigenvalue weighted by Crippen LogP contribution is -2.31. The molecule has 0 radical (unpaired) electrons. The Balaban J connectivity index is 2.65. The molecule has 0 aliphatic carbocycles. The summed E-state index contributed by atoms with van der Waals surface area (Å²) in [6.45, 7) is 6.36. The van der Waals surface area contributed by atoms with Crippen LogP contribution in [-0.2, 0) is 4.79 Å². The molecule has 0 spiro atoms. The van der Waals surface area contributed by atoms with E-state index in [1.807, 2.05) is 6.92 Å². The van der Waals surface area contributed by atoms with Gasteiger partial charge < -0.3 is 5.73 Å². The van der Waals surface area contributed by atoms with Gasteiger partial charge in [-0.05, 0) is 25.2 Å². The summed E-state index contributed by atoms with van der Waals surface area (Å²) in [5, 5.41) is 0.431. The first-order valence-corrected chi connectivity index (χ1v) is 5.89. The molecule has 0 saturated heterocycles. The van der Waals surface area contributed by atoms with Gasteiger partial charge in [0.1, 0.15) is 4.75 Å². The molecule has 1 heterocycles. The second-order valence-electron chi connectivity index (χ2n) is 4.14. The maximum Gasteiger partial charge on any atom is 0.264 e. The van der Waals surface area contributed by atoms with Gasteiger partial charge >= 0.3 is 0 Å². The lowest BCUT2D eigenvalue weighted by Gasteiger charge is -2.23. The molecular formula is C10H18N2OS. The number of hydrogen-bond donors (Lipinski definition) is 1. The first-order valence-electron chi connectivity index (χ1n) is 5.08. The minimum atomic E-state index is -0.353. The van der Waals surface area contributed by atoms with E-state index in [1.54, 1.807) is 0 Å². The second kappa shape index (κ2) is 4.34. The van der Waals surface area contributed by atoms with E-state index in [9.17, 15) is 4.79 Å². The molecule has 0 saturated carbocycles. The fraction of sp³-hybridized carbons (Fsp3) is 0.800. The van der Waals surface area contributed by atoms with Gasteiger partial charge in [-0.1, -0.05) is 32.5 Å². The van der Waals surface area contributed by atoms with Gasteiger partial charge in [0, 0.05) is 0 Å². The van der Waals surface area contributed by atoms with Crippen LogP contribution in [0, 0.1) is 5.92 Å². The lowest BCUT2D eigenvalue weighted by molar-refractivity contribution is -0.120. The summed E-state index contributed by atoms with van der Waals surface area (Å²) in [4.78, 5) is 15.5. The second-order valence-corrected chi connectivity index (χ2v) is 5.54. The summed E-state index contributed by atoms with van der Waals surface area (Å²) in [6, 6.07) is 0. The van der Waals surface area contributed by atoms with Gasteiger partial charge in [0.25, 0.3) is 5.91 Å². The van der Waals surface area contributed by atoms with E-state index >= 15 is 0 Å². The van der Waals surface area contributed by atoms with Crippen LogP contribution in [-0.4, -0.2) is 15.8 Å². The summed E-state index contributed by atoms with van der Waals surface area (Å²) in [5.74, 6) is 0.580. The Bertz CT molecular complexity index is 263. The third-order valence-corrected chi connectivity index (χ3v) is 3.96. The molecule has 1 amide bonds. The quantitative estimate of drug-likeness (QED) is 0.780. The van der Waals surface area contributed by atoms with Crippen molar-refractivity contribution >= 4 is 22.8 Å². The van der Waals surface area contributed by atoms with Crippen molar-refractivity contribution in [1.82, 2.24) is 0 Å². The first kappa shape index (κ1) is 11.6. The van der Waals surface area contributed by atoms with Crippen LogP contribution in [0.5, 0.6) is 0 Å². The van der Waals surface area contributed by atoms with E-state index in [-0.39, 0.29) is 10.7 Å². The van der Waals surface area contributed by atoms with Crippen LogP contribution in [0.3, 0.4) is 0 Å². The first-order chi connectivity index (χ1) is 6.50. The number of thioether (sulfide) groups is 1. The fourth-order valence-electron chi connectivity index (χ4n) is 1.55. The Kier molecular flexibility index (Phi) is 3.59. The van der Waals surface area contributed by atoms with Crippen molar-refractivity contribution in [2.45, 2.75) is 44.8 Å². The van der Waals surface area contributed by atoms with Gasteiger partial charge in [-0.25, -0.2) is 0 Å². The number of amides is 1. The zero-order valence-electron chi connectivity index (χ0n) is 9.04. The largest absolute Gasteiger partial charge is 0.378 e. The predicted octanol–water partition coefficient (Wildman–Crippen LogP) is 2.16. The Morgan fingerprint density at radius 3 is 2.57 bits per heavy atom. The Morgan fingerprint density at radius 2 is 2.21 bits per heavy atom. The highest BCUT2D eigenvalue weighted by Gasteiger charge is 2.42. The number of nitrogens with two attached hydrogens (primary N) is 1. The van der Waals surface area contributed by atoms with Crippen molar-refractivity contribution in [3.05, 3.63) is 0 Å². The molecule has 1 rings (SSSR count). The standard InChI is InChI=1S/C10H18N2OS/c1-4-10(6-5-7(2)3)8(13)12-9(11)14-10/h7H,4-6H2,1-3H3,(H2,11,12,13)/t10-/m0/s1. The van der Waals surface area contributed by atoms with Crippen LogP contribution in [0.2, 0.25) is 0 Å². The molecule has 1 aliphatic rings. The Morgan fingerprint density at radius 1 is 1.57 bits per heavy atom. The smallest absolute Gasteiger partial charge is 0.264 e. The molecular weight excluding hydrogens is 196 g/mol. The van der Waals surface area contributed by atoms with E-state index < -0.39 is 0 Å². The van der Waals surface area contributed by atoms with E-state index in [4.69, 9.17) is 5.73 Å². The monoisotopic (exact) mass is 214 g/mol. The third kappa shape index (κ3) is 2.29. The van der Waals surface area contributed by atoms with Crippen LogP contribution in [0.25, 0.3) is 0 Å². The SMILES string of the molecule is CC[C@@]1(CCC(C)C)SC(N)=NC1=O. The maximum atomic E-state index is 11.7. The lowest BCUT2D eigenvalue weighted by atomic mass is 9.94. The highest BCUT2D eigenvalue weighted by Crippen LogP contribution is 2.40. The van der Waals surface area contributed by atoms with Crippen molar-refractivity contribution < 1.29 is 4.79 Å². The van der Waals surface area contributed by atoms with Crippen LogP contribution in [0.1, 0.15) is 40.0 Å². The average molecular weight is 214 g/mol. The predicted molar refractivity (Wildman–Crippen MR) is 61.3 cm³/mol. The third-order valence-electron chi connectivity index (χ3n) is 2.60. The van der Waals surface area contributed by atoms with Crippen molar-refractivity contribution in [3.8, 4) is 0 Å². The minimum absolute atomic E-state index is 0.0387. The molecule has 3 nitrogen and oxygen atoms in total.